The Bertz CT molecular complexity index is 646. The van der Waals surface area contributed by atoms with Gasteiger partial charge in [0.1, 0.15) is 0 Å². The first-order valence-electron chi connectivity index (χ1n) is 6.10. The van der Waals surface area contributed by atoms with Gasteiger partial charge in [-0.15, -0.1) is 0 Å². The van der Waals surface area contributed by atoms with Gasteiger partial charge in [-0.3, -0.25) is 9.78 Å². The van der Waals surface area contributed by atoms with Crippen molar-refractivity contribution in [2.75, 3.05) is 7.05 Å². The second kappa shape index (κ2) is 6.54. The molecule has 0 aliphatic heterocycles. The highest BCUT2D eigenvalue weighted by atomic mass is 127. The molecule has 1 amide bonds. The molecule has 0 N–H and O–H groups in total. The normalized spacial score (nSPS) is 10.4. The van der Waals surface area contributed by atoms with Gasteiger partial charge in [0.15, 0.2) is 0 Å². The topological polar surface area (TPSA) is 33.2 Å². The van der Waals surface area contributed by atoms with E-state index in [1.54, 1.807) is 24.1 Å². The molecule has 104 valence electrons. The third-order valence-electron chi connectivity index (χ3n) is 2.86. The predicted molar refractivity (Wildman–Crippen MR) is 88.9 cm³/mol. The maximum atomic E-state index is 12.3. The summed E-state index contributed by atoms with van der Waals surface area (Å²) < 4.78 is 0.934. The summed E-state index contributed by atoms with van der Waals surface area (Å²) in [6.45, 7) is 2.41. The first-order chi connectivity index (χ1) is 9.47. The average molecular weight is 401 g/mol. The van der Waals surface area contributed by atoms with Crippen LogP contribution in [0.2, 0.25) is 5.02 Å². The number of rotatable bonds is 3. The highest BCUT2D eigenvalue weighted by Gasteiger charge is 2.13. The van der Waals surface area contributed by atoms with Gasteiger partial charge in [0, 0.05) is 21.9 Å². The van der Waals surface area contributed by atoms with E-state index >= 15 is 0 Å². The lowest BCUT2D eigenvalue weighted by Crippen LogP contribution is -2.26. The SMILES string of the molecule is Cc1cccc(CN(C)C(=O)c2ccc(I)c(Cl)c2)n1. The highest BCUT2D eigenvalue weighted by Crippen LogP contribution is 2.20. The van der Waals surface area contributed by atoms with Gasteiger partial charge in [-0.1, -0.05) is 17.7 Å². The Morgan fingerprint density at radius 3 is 2.75 bits per heavy atom. The molecule has 0 aliphatic carbocycles. The lowest BCUT2D eigenvalue weighted by molar-refractivity contribution is 0.0783. The van der Waals surface area contributed by atoms with E-state index in [4.69, 9.17) is 11.6 Å². The van der Waals surface area contributed by atoms with Crippen molar-refractivity contribution in [3.63, 3.8) is 0 Å². The zero-order valence-electron chi connectivity index (χ0n) is 11.2. The molecule has 0 unspecified atom stereocenters. The summed E-state index contributed by atoms with van der Waals surface area (Å²) in [5.74, 6) is -0.0633. The number of pyridine rings is 1. The average Bonchev–Trinajstić information content (AvgIpc) is 2.41. The van der Waals surface area contributed by atoms with E-state index in [-0.39, 0.29) is 5.91 Å². The maximum Gasteiger partial charge on any atom is 0.254 e. The van der Waals surface area contributed by atoms with Crippen molar-refractivity contribution in [2.24, 2.45) is 0 Å². The summed E-state index contributed by atoms with van der Waals surface area (Å²) >= 11 is 8.19. The van der Waals surface area contributed by atoms with E-state index in [9.17, 15) is 4.79 Å². The van der Waals surface area contributed by atoms with Crippen molar-refractivity contribution in [1.29, 1.82) is 0 Å². The standard InChI is InChI=1S/C15H14ClIN2O/c1-10-4-3-5-12(18-10)9-19(2)15(20)11-6-7-14(17)13(16)8-11/h3-8H,9H2,1-2H3. The minimum atomic E-state index is -0.0633. The fourth-order valence-electron chi connectivity index (χ4n) is 1.85. The molecule has 1 heterocycles. The van der Waals surface area contributed by atoms with Gasteiger partial charge in [-0.2, -0.15) is 0 Å². The van der Waals surface area contributed by atoms with E-state index < -0.39 is 0 Å². The highest BCUT2D eigenvalue weighted by molar-refractivity contribution is 14.1. The largest absolute Gasteiger partial charge is 0.336 e. The minimum absolute atomic E-state index is 0.0633. The van der Waals surface area contributed by atoms with E-state index in [1.165, 1.54) is 0 Å². The minimum Gasteiger partial charge on any atom is -0.336 e. The fraction of sp³-hybridized carbons (Fsp3) is 0.200. The molecule has 0 spiro atoms. The Balaban J connectivity index is 2.14. The number of hydrogen-bond donors (Lipinski definition) is 0. The quantitative estimate of drug-likeness (QED) is 0.732. The van der Waals surface area contributed by atoms with Crippen LogP contribution in [-0.4, -0.2) is 22.8 Å². The van der Waals surface area contributed by atoms with Crippen LogP contribution in [0.3, 0.4) is 0 Å². The zero-order valence-corrected chi connectivity index (χ0v) is 14.1. The van der Waals surface area contributed by atoms with Gasteiger partial charge >= 0.3 is 0 Å². The van der Waals surface area contributed by atoms with Gasteiger partial charge in [-0.05, 0) is 59.8 Å². The van der Waals surface area contributed by atoms with Gasteiger partial charge < -0.3 is 4.90 Å². The Morgan fingerprint density at radius 1 is 1.35 bits per heavy atom. The van der Waals surface area contributed by atoms with Gasteiger partial charge in [0.05, 0.1) is 17.3 Å². The van der Waals surface area contributed by atoms with Crippen LogP contribution in [0.15, 0.2) is 36.4 Å². The molecule has 0 fully saturated rings. The number of benzene rings is 1. The molecule has 3 nitrogen and oxygen atoms in total. The number of aryl methyl sites for hydroxylation is 1. The van der Waals surface area contributed by atoms with Crippen LogP contribution in [0.4, 0.5) is 0 Å². The Labute approximate surface area is 137 Å². The Morgan fingerprint density at radius 2 is 2.10 bits per heavy atom. The van der Waals surface area contributed by atoms with Crippen molar-refractivity contribution in [3.8, 4) is 0 Å². The van der Waals surface area contributed by atoms with Crippen molar-refractivity contribution in [2.45, 2.75) is 13.5 Å². The lowest BCUT2D eigenvalue weighted by atomic mass is 10.2. The van der Waals surface area contributed by atoms with Crippen LogP contribution in [0.5, 0.6) is 0 Å². The van der Waals surface area contributed by atoms with Gasteiger partial charge in [-0.25, -0.2) is 0 Å². The smallest absolute Gasteiger partial charge is 0.254 e. The summed E-state index contributed by atoms with van der Waals surface area (Å²) in [6.07, 6.45) is 0. The Hall–Kier alpha value is -1.14. The fourth-order valence-corrected chi connectivity index (χ4v) is 2.37. The van der Waals surface area contributed by atoms with Crippen LogP contribution >= 0.6 is 34.2 Å². The molecule has 0 radical (unpaired) electrons. The van der Waals surface area contributed by atoms with Gasteiger partial charge in [0.25, 0.3) is 5.91 Å². The molecule has 0 atom stereocenters. The zero-order chi connectivity index (χ0) is 14.7. The van der Waals surface area contributed by atoms with Crippen LogP contribution in [0, 0.1) is 10.5 Å². The third kappa shape index (κ3) is 3.70. The van der Waals surface area contributed by atoms with Crippen LogP contribution < -0.4 is 0 Å². The monoisotopic (exact) mass is 400 g/mol. The molecule has 2 aromatic rings. The number of carbonyl (C=O) groups is 1. The van der Waals surface area contributed by atoms with E-state index in [0.29, 0.717) is 17.1 Å². The van der Waals surface area contributed by atoms with E-state index in [1.807, 2.05) is 31.2 Å². The third-order valence-corrected chi connectivity index (χ3v) is 4.43. The van der Waals surface area contributed by atoms with Crippen molar-refractivity contribution >= 4 is 40.1 Å². The van der Waals surface area contributed by atoms with E-state index in [0.717, 1.165) is 15.0 Å². The summed E-state index contributed by atoms with van der Waals surface area (Å²) in [7, 11) is 1.76. The number of aromatic nitrogens is 1. The summed E-state index contributed by atoms with van der Waals surface area (Å²) in [4.78, 5) is 18.4. The van der Waals surface area contributed by atoms with Crippen LogP contribution in [0.1, 0.15) is 21.7 Å². The summed E-state index contributed by atoms with van der Waals surface area (Å²) in [5.41, 5.74) is 2.41. The van der Waals surface area contributed by atoms with Crippen molar-refractivity contribution in [3.05, 3.63) is 61.9 Å². The lowest BCUT2D eigenvalue weighted by Gasteiger charge is -2.17. The van der Waals surface area contributed by atoms with E-state index in [2.05, 4.69) is 27.6 Å². The number of carbonyl (C=O) groups excluding carboxylic acids is 1. The molecule has 2 rings (SSSR count). The molecule has 0 saturated heterocycles. The van der Waals surface area contributed by atoms with Crippen LogP contribution in [-0.2, 0) is 6.54 Å². The molecule has 1 aromatic carbocycles. The molecular formula is C15H14ClIN2O. The predicted octanol–water partition coefficient (Wildman–Crippen LogP) is 3.92. The molecule has 5 heteroatoms. The second-order valence-corrected chi connectivity index (χ2v) is 6.13. The molecule has 0 aliphatic rings. The van der Waals surface area contributed by atoms with Gasteiger partial charge in [0.2, 0.25) is 0 Å². The van der Waals surface area contributed by atoms with Crippen molar-refractivity contribution < 1.29 is 4.79 Å². The molecule has 1 aromatic heterocycles. The number of halogens is 2. The molecule has 20 heavy (non-hydrogen) atoms. The van der Waals surface area contributed by atoms with Crippen LogP contribution in [0.25, 0.3) is 0 Å². The first-order valence-corrected chi connectivity index (χ1v) is 7.56. The summed E-state index contributed by atoms with van der Waals surface area (Å²) in [6, 6.07) is 11.1. The summed E-state index contributed by atoms with van der Waals surface area (Å²) in [5, 5.41) is 0.596. The number of amides is 1. The number of nitrogens with zero attached hydrogens (tertiary/aromatic N) is 2. The second-order valence-electron chi connectivity index (χ2n) is 4.56. The molecule has 0 saturated carbocycles. The Kier molecular flexibility index (Phi) is 4.99. The first kappa shape index (κ1) is 15.3. The molecular weight excluding hydrogens is 387 g/mol. The molecule has 0 bridgehead atoms. The number of hydrogen-bond acceptors (Lipinski definition) is 2. The van der Waals surface area contributed by atoms with Crippen molar-refractivity contribution in [1.82, 2.24) is 9.88 Å². The maximum absolute atomic E-state index is 12.3.